The number of halogens is 1. The standard InChI is InChI=1S/C29H28BrN3O6S/c1-6-37-28(35)25-17(4)32-29-33(26(25)18-7-9-22(39-16(2)3)23(14-18)36-5)27(34)24(40-29)15-19-13-20(30)8-10-21(19)38-12-11-31/h7-10,13-16,26H,6,12H2,1-5H3/b24-15-/t26-/m1/s1. The molecule has 40 heavy (non-hydrogen) atoms. The molecule has 0 unspecified atom stereocenters. The van der Waals surface area contributed by atoms with Crippen molar-refractivity contribution in [2.45, 2.75) is 39.8 Å². The van der Waals surface area contributed by atoms with Crippen LogP contribution in [0.25, 0.3) is 6.08 Å². The highest BCUT2D eigenvalue weighted by Gasteiger charge is 2.34. The number of methoxy groups -OCH3 is 1. The summed E-state index contributed by atoms with van der Waals surface area (Å²) in [5.74, 6) is 0.927. The van der Waals surface area contributed by atoms with Crippen molar-refractivity contribution in [3.8, 4) is 23.3 Å². The molecule has 0 fully saturated rings. The van der Waals surface area contributed by atoms with Gasteiger partial charge in [0, 0.05) is 10.0 Å². The van der Waals surface area contributed by atoms with Crippen molar-refractivity contribution in [3.05, 3.63) is 83.0 Å². The lowest BCUT2D eigenvalue weighted by atomic mass is 9.95. The number of esters is 1. The van der Waals surface area contributed by atoms with Crippen LogP contribution in [0.1, 0.15) is 44.9 Å². The lowest BCUT2D eigenvalue weighted by molar-refractivity contribution is -0.139. The van der Waals surface area contributed by atoms with E-state index in [1.807, 2.05) is 26.0 Å². The second-order valence-corrected chi connectivity index (χ2v) is 10.9. The van der Waals surface area contributed by atoms with Crippen molar-refractivity contribution in [3.63, 3.8) is 0 Å². The fourth-order valence-electron chi connectivity index (χ4n) is 4.33. The number of carbonyl (C=O) groups is 1. The van der Waals surface area contributed by atoms with Gasteiger partial charge in [-0.1, -0.05) is 33.3 Å². The van der Waals surface area contributed by atoms with Crippen LogP contribution in [0.2, 0.25) is 0 Å². The Kier molecular flexibility index (Phi) is 9.12. The molecule has 1 aliphatic rings. The van der Waals surface area contributed by atoms with Crippen LogP contribution in [0, 0.1) is 11.3 Å². The minimum atomic E-state index is -0.809. The van der Waals surface area contributed by atoms with Crippen LogP contribution in [-0.2, 0) is 9.53 Å². The van der Waals surface area contributed by atoms with Gasteiger partial charge in [0.2, 0.25) is 0 Å². The van der Waals surface area contributed by atoms with Crippen LogP contribution < -0.4 is 29.1 Å². The van der Waals surface area contributed by atoms with Crippen LogP contribution in [0.3, 0.4) is 0 Å². The summed E-state index contributed by atoms with van der Waals surface area (Å²) in [7, 11) is 1.54. The fourth-order valence-corrected chi connectivity index (χ4v) is 5.74. The average Bonchev–Trinajstić information content (AvgIpc) is 3.21. The second kappa shape index (κ2) is 12.5. The van der Waals surface area contributed by atoms with Crippen LogP contribution in [-0.4, -0.2) is 37.0 Å². The highest BCUT2D eigenvalue weighted by Crippen LogP contribution is 2.36. The summed E-state index contributed by atoms with van der Waals surface area (Å²) in [6, 6.07) is 11.8. The highest BCUT2D eigenvalue weighted by molar-refractivity contribution is 9.10. The molecule has 9 nitrogen and oxygen atoms in total. The van der Waals surface area contributed by atoms with E-state index in [0.29, 0.717) is 43.4 Å². The molecule has 0 amide bonds. The van der Waals surface area contributed by atoms with E-state index in [-0.39, 0.29) is 30.5 Å². The van der Waals surface area contributed by atoms with Gasteiger partial charge in [-0.3, -0.25) is 9.36 Å². The number of benzene rings is 2. The minimum absolute atomic E-state index is 0.0743. The molecule has 0 spiro atoms. The Bertz CT molecular complexity index is 1700. The third kappa shape index (κ3) is 5.98. The Morgan fingerprint density at radius 3 is 2.65 bits per heavy atom. The van der Waals surface area contributed by atoms with E-state index in [0.717, 1.165) is 4.47 Å². The number of aromatic nitrogens is 1. The maximum absolute atomic E-state index is 14.0. The number of rotatable bonds is 9. The first-order valence-corrected chi connectivity index (χ1v) is 14.1. The van der Waals surface area contributed by atoms with Gasteiger partial charge in [-0.25, -0.2) is 9.79 Å². The largest absolute Gasteiger partial charge is 0.493 e. The van der Waals surface area contributed by atoms with E-state index in [4.69, 9.17) is 24.2 Å². The summed E-state index contributed by atoms with van der Waals surface area (Å²) < 4.78 is 25.1. The zero-order valence-corrected chi connectivity index (χ0v) is 25.1. The summed E-state index contributed by atoms with van der Waals surface area (Å²) in [6.07, 6.45) is 1.62. The van der Waals surface area contributed by atoms with Gasteiger partial charge in [-0.2, -0.15) is 5.26 Å². The third-order valence-corrected chi connectivity index (χ3v) is 7.41. The number of allylic oxidation sites excluding steroid dienone is 1. The number of nitriles is 1. The van der Waals surface area contributed by atoms with E-state index in [2.05, 4.69) is 20.9 Å². The SMILES string of the molecule is CCOC(=O)C1=C(C)N=c2s/c(=C\c3cc(Br)ccc3OCC#N)c(=O)n2[C@@H]1c1ccc(OC(C)C)c(OC)c1. The normalized spacial score (nSPS) is 14.8. The molecule has 2 heterocycles. The number of nitrogens with zero attached hydrogens (tertiary/aromatic N) is 3. The lowest BCUT2D eigenvalue weighted by Gasteiger charge is -2.25. The average molecular weight is 627 g/mol. The zero-order valence-electron chi connectivity index (χ0n) is 22.7. The first-order valence-electron chi connectivity index (χ1n) is 12.5. The zero-order chi connectivity index (χ0) is 29.0. The van der Waals surface area contributed by atoms with Crippen LogP contribution in [0.5, 0.6) is 17.2 Å². The molecule has 1 aromatic heterocycles. The van der Waals surface area contributed by atoms with Gasteiger partial charge in [0.25, 0.3) is 5.56 Å². The molecule has 1 aliphatic heterocycles. The minimum Gasteiger partial charge on any atom is -0.493 e. The van der Waals surface area contributed by atoms with E-state index in [1.54, 1.807) is 50.3 Å². The summed E-state index contributed by atoms with van der Waals surface area (Å²) in [6.45, 7) is 7.32. The van der Waals surface area contributed by atoms with Gasteiger partial charge in [0.1, 0.15) is 11.8 Å². The van der Waals surface area contributed by atoms with Crippen molar-refractivity contribution in [1.29, 1.82) is 5.26 Å². The number of hydrogen-bond donors (Lipinski definition) is 0. The molecule has 0 aliphatic carbocycles. The molecule has 0 N–H and O–H groups in total. The number of fused-ring (bicyclic) bond motifs is 1. The van der Waals surface area contributed by atoms with Crippen molar-refractivity contribution < 1.29 is 23.7 Å². The summed E-state index contributed by atoms with van der Waals surface area (Å²) in [5, 5.41) is 8.97. The van der Waals surface area contributed by atoms with Gasteiger partial charge in [-0.05, 0) is 69.7 Å². The van der Waals surface area contributed by atoms with Crippen molar-refractivity contribution >= 4 is 39.3 Å². The molecule has 0 saturated carbocycles. The highest BCUT2D eigenvalue weighted by atomic mass is 79.9. The maximum atomic E-state index is 14.0. The Morgan fingerprint density at radius 2 is 1.98 bits per heavy atom. The van der Waals surface area contributed by atoms with Gasteiger partial charge < -0.3 is 18.9 Å². The molecular weight excluding hydrogens is 598 g/mol. The Hall–Kier alpha value is -3.88. The summed E-state index contributed by atoms with van der Waals surface area (Å²) in [4.78, 5) is 32.2. The van der Waals surface area contributed by atoms with Gasteiger partial charge in [0.05, 0.1) is 41.7 Å². The molecule has 0 bridgehead atoms. The quantitative estimate of drug-likeness (QED) is 0.327. The molecule has 4 rings (SSSR count). The smallest absolute Gasteiger partial charge is 0.338 e. The molecule has 0 saturated heterocycles. The summed E-state index contributed by atoms with van der Waals surface area (Å²) in [5.41, 5.74) is 1.64. The van der Waals surface area contributed by atoms with E-state index in [9.17, 15) is 9.59 Å². The predicted octanol–water partition coefficient (Wildman–Crippen LogP) is 4.26. The van der Waals surface area contributed by atoms with Crippen LogP contribution in [0.4, 0.5) is 0 Å². The van der Waals surface area contributed by atoms with Crippen molar-refractivity contribution in [2.75, 3.05) is 20.3 Å². The Morgan fingerprint density at radius 1 is 1.23 bits per heavy atom. The topological polar surface area (TPSA) is 112 Å². The molecule has 1 atom stereocenters. The Balaban J connectivity index is 1.95. The van der Waals surface area contributed by atoms with Gasteiger partial charge in [0.15, 0.2) is 22.9 Å². The van der Waals surface area contributed by atoms with Gasteiger partial charge in [-0.15, -0.1) is 0 Å². The predicted molar refractivity (Wildman–Crippen MR) is 154 cm³/mol. The monoisotopic (exact) mass is 625 g/mol. The molecule has 0 radical (unpaired) electrons. The Labute approximate surface area is 243 Å². The first kappa shape index (κ1) is 29.1. The lowest BCUT2D eigenvalue weighted by Crippen LogP contribution is -2.40. The second-order valence-electron chi connectivity index (χ2n) is 9.01. The van der Waals surface area contributed by atoms with Crippen LogP contribution in [0.15, 0.2) is 61.9 Å². The maximum Gasteiger partial charge on any atom is 0.338 e. The summed E-state index contributed by atoms with van der Waals surface area (Å²) >= 11 is 4.65. The van der Waals surface area contributed by atoms with Gasteiger partial charge >= 0.3 is 5.97 Å². The number of carbonyl (C=O) groups excluding carboxylic acids is 1. The van der Waals surface area contributed by atoms with Crippen molar-refractivity contribution in [1.82, 2.24) is 4.57 Å². The molecule has 3 aromatic rings. The third-order valence-electron chi connectivity index (χ3n) is 5.93. The van der Waals surface area contributed by atoms with E-state index >= 15 is 0 Å². The number of hydrogen-bond acceptors (Lipinski definition) is 9. The molecule has 11 heteroatoms. The number of ether oxygens (including phenoxy) is 4. The molecule has 208 valence electrons. The fraction of sp³-hybridized carbons (Fsp3) is 0.310. The molecule has 2 aromatic carbocycles. The number of thiazole rings is 1. The first-order chi connectivity index (χ1) is 19.2. The molecular formula is C29H28BrN3O6S. The van der Waals surface area contributed by atoms with Crippen LogP contribution >= 0.6 is 27.3 Å². The van der Waals surface area contributed by atoms with E-state index in [1.165, 1.54) is 23.0 Å². The van der Waals surface area contributed by atoms with Crippen molar-refractivity contribution in [2.24, 2.45) is 4.99 Å². The van der Waals surface area contributed by atoms with E-state index < -0.39 is 12.0 Å².